The topological polar surface area (TPSA) is 0 Å². The summed E-state index contributed by atoms with van der Waals surface area (Å²) < 4.78 is 0. The molecule has 0 atom stereocenters. The summed E-state index contributed by atoms with van der Waals surface area (Å²) in [6.07, 6.45) is 16.1. The van der Waals surface area contributed by atoms with Crippen LogP contribution < -0.4 is 0 Å². The van der Waals surface area contributed by atoms with Gasteiger partial charge in [0.2, 0.25) is 0 Å². The van der Waals surface area contributed by atoms with Gasteiger partial charge in [-0.3, -0.25) is 0 Å². The zero-order valence-corrected chi connectivity index (χ0v) is 14.5. The summed E-state index contributed by atoms with van der Waals surface area (Å²) in [5.74, 6) is 0. The van der Waals surface area contributed by atoms with Gasteiger partial charge in [-0.15, -0.1) is 0 Å². The molecular formula is C21H32. The highest BCUT2D eigenvalue weighted by molar-refractivity contribution is 5.69. The summed E-state index contributed by atoms with van der Waals surface area (Å²) in [5, 5.41) is 0. The molecule has 1 aliphatic rings. The number of hydrogen-bond acceptors (Lipinski definition) is 0. The molecule has 0 spiro atoms. The quantitative estimate of drug-likeness (QED) is 0.510. The van der Waals surface area contributed by atoms with E-state index in [2.05, 4.69) is 39.8 Å². The molecule has 0 N–H and O–H groups in total. The Morgan fingerprint density at radius 1 is 0.667 bits per heavy atom. The van der Waals surface area contributed by atoms with Crippen molar-refractivity contribution in [3.63, 3.8) is 0 Å². The van der Waals surface area contributed by atoms with Crippen LogP contribution >= 0.6 is 0 Å². The van der Waals surface area contributed by atoms with Crippen molar-refractivity contribution in [2.75, 3.05) is 0 Å². The van der Waals surface area contributed by atoms with Crippen molar-refractivity contribution in [2.24, 2.45) is 0 Å². The molecule has 0 bridgehead atoms. The second-order valence-electron chi connectivity index (χ2n) is 6.41. The van der Waals surface area contributed by atoms with E-state index in [1.165, 1.54) is 57.8 Å². The molecule has 0 aromatic heterocycles. The predicted molar refractivity (Wildman–Crippen MR) is 95.2 cm³/mol. The van der Waals surface area contributed by atoms with Gasteiger partial charge in [0.1, 0.15) is 0 Å². The summed E-state index contributed by atoms with van der Waals surface area (Å²) in [4.78, 5) is 0. The average molecular weight is 289 g/mol. The molecule has 116 valence electrons. The first-order valence-corrected chi connectivity index (χ1v) is 9.13. The molecular weight excluding hydrogens is 257 g/mol. The molecule has 0 saturated carbocycles. The Balaban J connectivity index is 2.66. The number of fused-ring (bicyclic) bond motifs is 1. The van der Waals surface area contributed by atoms with Crippen LogP contribution in [-0.2, 0) is 32.1 Å². The second kappa shape index (κ2) is 7.82. The van der Waals surface area contributed by atoms with Gasteiger partial charge in [0.15, 0.2) is 0 Å². The van der Waals surface area contributed by atoms with Crippen molar-refractivity contribution >= 4 is 6.08 Å². The van der Waals surface area contributed by atoms with Gasteiger partial charge in [-0.05, 0) is 65.5 Å². The van der Waals surface area contributed by atoms with E-state index in [1.807, 2.05) is 0 Å². The summed E-state index contributed by atoms with van der Waals surface area (Å²) in [6.45, 7) is 9.30. The van der Waals surface area contributed by atoms with E-state index in [-0.39, 0.29) is 0 Å². The van der Waals surface area contributed by atoms with Crippen LogP contribution in [0.5, 0.6) is 0 Å². The molecule has 1 aromatic rings. The van der Waals surface area contributed by atoms with Gasteiger partial charge in [0.05, 0.1) is 0 Å². The Bertz CT molecular complexity index is 506. The molecule has 0 amide bonds. The highest BCUT2D eigenvalue weighted by atomic mass is 15.0. The third kappa shape index (κ3) is 3.25. The number of rotatable bonds is 8. The Morgan fingerprint density at radius 2 is 1.14 bits per heavy atom. The van der Waals surface area contributed by atoms with E-state index in [0.717, 1.165) is 0 Å². The summed E-state index contributed by atoms with van der Waals surface area (Å²) in [5.41, 5.74) is 10.1. The van der Waals surface area contributed by atoms with E-state index < -0.39 is 0 Å². The summed E-state index contributed by atoms with van der Waals surface area (Å²) >= 11 is 0. The number of allylic oxidation sites excluding steroid dienone is 1. The maximum atomic E-state index is 2.41. The fraction of sp³-hybridized carbons (Fsp3) is 0.619. The van der Waals surface area contributed by atoms with Gasteiger partial charge in [0.25, 0.3) is 0 Å². The van der Waals surface area contributed by atoms with Gasteiger partial charge in [-0.25, -0.2) is 0 Å². The van der Waals surface area contributed by atoms with Crippen LogP contribution in [0.25, 0.3) is 6.08 Å². The minimum Gasteiger partial charge on any atom is -0.0795 e. The zero-order valence-electron chi connectivity index (χ0n) is 14.5. The van der Waals surface area contributed by atoms with Gasteiger partial charge in [-0.1, -0.05) is 65.5 Å². The van der Waals surface area contributed by atoms with Crippen LogP contribution in [0.1, 0.15) is 86.8 Å². The smallest absolute Gasteiger partial charge is 0.00852 e. The van der Waals surface area contributed by atoms with Crippen LogP contribution in [0.4, 0.5) is 0 Å². The maximum Gasteiger partial charge on any atom is -0.00852 e. The lowest BCUT2D eigenvalue weighted by molar-refractivity contribution is 0.793. The van der Waals surface area contributed by atoms with Crippen molar-refractivity contribution in [2.45, 2.75) is 85.5 Å². The van der Waals surface area contributed by atoms with Crippen molar-refractivity contribution in [1.29, 1.82) is 0 Å². The first kappa shape index (κ1) is 16.3. The van der Waals surface area contributed by atoms with E-state index >= 15 is 0 Å². The van der Waals surface area contributed by atoms with Crippen molar-refractivity contribution in [3.8, 4) is 0 Å². The number of hydrogen-bond donors (Lipinski definition) is 0. The molecule has 21 heavy (non-hydrogen) atoms. The lowest BCUT2D eigenvalue weighted by Gasteiger charge is -2.24. The van der Waals surface area contributed by atoms with Crippen molar-refractivity contribution < 1.29 is 0 Å². The number of benzene rings is 1. The Morgan fingerprint density at radius 3 is 1.71 bits per heavy atom. The fourth-order valence-electron chi connectivity index (χ4n) is 3.97. The molecule has 2 rings (SSSR count). The molecule has 1 aromatic carbocycles. The van der Waals surface area contributed by atoms with Crippen molar-refractivity contribution in [1.82, 2.24) is 0 Å². The minimum atomic E-state index is 1.17. The third-order valence-corrected chi connectivity index (χ3v) is 4.71. The van der Waals surface area contributed by atoms with Crippen LogP contribution in [0.3, 0.4) is 0 Å². The maximum absolute atomic E-state index is 2.41. The minimum absolute atomic E-state index is 1.17. The molecule has 0 heteroatoms. The first-order valence-electron chi connectivity index (χ1n) is 9.13. The largest absolute Gasteiger partial charge is 0.0795 e. The fourth-order valence-corrected chi connectivity index (χ4v) is 3.97. The van der Waals surface area contributed by atoms with Crippen LogP contribution in [0, 0.1) is 0 Å². The van der Waals surface area contributed by atoms with Gasteiger partial charge in [0, 0.05) is 0 Å². The molecule has 0 saturated heterocycles. The average Bonchev–Trinajstić information content (AvgIpc) is 2.95. The van der Waals surface area contributed by atoms with Crippen LogP contribution in [0.15, 0.2) is 6.08 Å². The van der Waals surface area contributed by atoms with E-state index in [9.17, 15) is 0 Å². The monoisotopic (exact) mass is 289 g/mol. The highest BCUT2D eigenvalue weighted by Gasteiger charge is 2.22. The normalized spacial score (nSPS) is 13.0. The van der Waals surface area contributed by atoms with Crippen LogP contribution in [0.2, 0.25) is 0 Å². The Hall–Kier alpha value is -1.04. The van der Waals surface area contributed by atoms with Gasteiger partial charge >= 0.3 is 0 Å². The Labute approximate surface area is 131 Å². The molecule has 0 nitrogen and oxygen atoms in total. The lowest BCUT2D eigenvalue weighted by Crippen LogP contribution is -2.10. The van der Waals surface area contributed by atoms with Crippen molar-refractivity contribution in [3.05, 3.63) is 39.5 Å². The zero-order chi connectivity index (χ0) is 15.2. The van der Waals surface area contributed by atoms with E-state index in [1.54, 1.807) is 33.4 Å². The molecule has 0 unspecified atom stereocenters. The molecule has 0 heterocycles. The van der Waals surface area contributed by atoms with Crippen LogP contribution in [-0.4, -0.2) is 0 Å². The van der Waals surface area contributed by atoms with E-state index in [0.29, 0.717) is 0 Å². The molecule has 1 aliphatic carbocycles. The molecule has 0 aliphatic heterocycles. The van der Waals surface area contributed by atoms with Gasteiger partial charge in [-0.2, -0.15) is 0 Å². The lowest BCUT2D eigenvalue weighted by atomic mass is 9.91. The summed E-state index contributed by atoms with van der Waals surface area (Å²) in [6, 6.07) is 0. The predicted octanol–water partition coefficient (Wildman–Crippen LogP) is 6.07. The molecule has 0 radical (unpaired) electrons. The van der Waals surface area contributed by atoms with Gasteiger partial charge < -0.3 is 0 Å². The first-order chi connectivity index (χ1) is 10.3. The highest BCUT2D eigenvalue weighted by Crippen LogP contribution is 2.36. The van der Waals surface area contributed by atoms with E-state index in [4.69, 9.17) is 0 Å². The standard InChI is InChI=1S/C21H32/c1-5-10-16-17(11-6-2)19(13-8-4)21-15-9-14-20(21)18(16)12-7-3/h9,14H,5-8,10-13,15H2,1-4H3/i9+1,14+1,15+1,20+1,21+1. The third-order valence-electron chi connectivity index (χ3n) is 4.71. The SMILES string of the molecule is CCCc1c(CCC)c(CCC)[13c]2[13c](c1CCC)[13CH]=[13CH][13CH2]2. The summed E-state index contributed by atoms with van der Waals surface area (Å²) in [7, 11) is 0. The molecule has 0 fully saturated rings. The Kier molecular flexibility index (Phi) is 6.08. The second-order valence-corrected chi connectivity index (χ2v) is 6.41.